The van der Waals surface area contributed by atoms with Crippen molar-refractivity contribution in [1.29, 1.82) is 0 Å². The molecule has 0 spiro atoms. The molecular formula is C36H68O2. The van der Waals surface area contributed by atoms with Gasteiger partial charge in [0.1, 0.15) is 12.1 Å². The summed E-state index contributed by atoms with van der Waals surface area (Å²) in [6.07, 6.45) is 42.2. The van der Waals surface area contributed by atoms with Crippen LogP contribution in [0.2, 0.25) is 0 Å². The third-order valence-corrected chi connectivity index (χ3v) is 8.13. The Kier molecular flexibility index (Phi) is 31.5. The first kappa shape index (κ1) is 37.1. The highest BCUT2D eigenvalue weighted by molar-refractivity contribution is 5.93. The Balaban J connectivity index is 3.46. The molecule has 2 heteroatoms. The van der Waals surface area contributed by atoms with E-state index in [1.807, 2.05) is 0 Å². The minimum absolute atomic E-state index is 0.187. The van der Waals surface area contributed by atoms with Crippen LogP contribution in [0.15, 0.2) is 12.2 Å². The number of hydrogen-bond donors (Lipinski definition) is 0. The lowest BCUT2D eigenvalue weighted by Gasteiger charge is -2.09. The summed E-state index contributed by atoms with van der Waals surface area (Å²) in [7, 11) is 0. The topological polar surface area (TPSA) is 34.1 Å². The molecule has 0 amide bonds. The van der Waals surface area contributed by atoms with Crippen LogP contribution >= 0.6 is 0 Å². The highest BCUT2D eigenvalue weighted by atomic mass is 16.1. The van der Waals surface area contributed by atoms with Gasteiger partial charge in [0.2, 0.25) is 0 Å². The molecule has 224 valence electrons. The van der Waals surface area contributed by atoms with Crippen LogP contribution < -0.4 is 0 Å². The van der Waals surface area contributed by atoms with Crippen molar-refractivity contribution in [3.05, 3.63) is 12.2 Å². The number of rotatable bonds is 32. The van der Waals surface area contributed by atoms with Crippen molar-refractivity contribution in [2.24, 2.45) is 5.92 Å². The Morgan fingerprint density at radius 3 is 1.21 bits per heavy atom. The summed E-state index contributed by atoms with van der Waals surface area (Å²) >= 11 is 0. The molecule has 0 radical (unpaired) electrons. The van der Waals surface area contributed by atoms with E-state index >= 15 is 0 Å². The number of ketones is 1. The lowest BCUT2D eigenvalue weighted by Crippen LogP contribution is -2.15. The summed E-state index contributed by atoms with van der Waals surface area (Å²) in [5.74, 6) is -0.156. The van der Waals surface area contributed by atoms with Gasteiger partial charge in [0.05, 0.1) is 5.92 Å². The van der Waals surface area contributed by atoms with Gasteiger partial charge in [-0.3, -0.25) is 4.79 Å². The first-order chi connectivity index (χ1) is 18.8. The second-order valence-corrected chi connectivity index (χ2v) is 11.9. The molecule has 0 aromatic heterocycles. The summed E-state index contributed by atoms with van der Waals surface area (Å²) in [5.41, 5.74) is 0. The van der Waals surface area contributed by atoms with Gasteiger partial charge in [0.25, 0.3) is 0 Å². The number of carbonyl (C=O) groups is 2. The van der Waals surface area contributed by atoms with E-state index in [2.05, 4.69) is 26.0 Å². The van der Waals surface area contributed by atoms with E-state index in [0.717, 1.165) is 32.0 Å². The fourth-order valence-electron chi connectivity index (χ4n) is 5.42. The van der Waals surface area contributed by atoms with Crippen LogP contribution in [0.25, 0.3) is 0 Å². The van der Waals surface area contributed by atoms with Gasteiger partial charge in [-0.05, 0) is 38.5 Å². The molecule has 0 saturated heterocycles. The van der Waals surface area contributed by atoms with Crippen molar-refractivity contribution in [3.8, 4) is 0 Å². The van der Waals surface area contributed by atoms with Gasteiger partial charge in [-0.1, -0.05) is 167 Å². The Labute approximate surface area is 239 Å². The fraction of sp³-hybridized carbons (Fsp3) is 0.889. The summed E-state index contributed by atoms with van der Waals surface area (Å²) in [6, 6.07) is 0. The number of hydrogen-bond acceptors (Lipinski definition) is 2. The smallest absolute Gasteiger partial charge is 0.143 e. The average molecular weight is 533 g/mol. The molecule has 0 saturated carbocycles. The number of allylic oxidation sites excluding steroid dienone is 2. The molecule has 0 heterocycles. The maximum Gasteiger partial charge on any atom is 0.143 e. The summed E-state index contributed by atoms with van der Waals surface area (Å²) in [6.45, 7) is 4.55. The lowest BCUT2D eigenvalue weighted by molar-refractivity contribution is -0.127. The standard InChI is InChI=1S/C36H68O2/c1-3-5-7-9-11-13-15-17-19-21-23-25-27-29-31-33-36(38)35(34-37)32-30-28-26-24-22-20-18-16-14-12-10-8-6-4-2/h17,19,34-35H,3-16,18,20-33H2,1-2H3/b19-17-. The van der Waals surface area contributed by atoms with Gasteiger partial charge in [0.15, 0.2) is 0 Å². The van der Waals surface area contributed by atoms with Crippen molar-refractivity contribution in [2.75, 3.05) is 0 Å². The Morgan fingerprint density at radius 2 is 0.816 bits per heavy atom. The van der Waals surface area contributed by atoms with Crippen LogP contribution in [0, 0.1) is 5.92 Å². The van der Waals surface area contributed by atoms with Crippen LogP contribution in [0.1, 0.15) is 200 Å². The van der Waals surface area contributed by atoms with Crippen LogP contribution in [-0.4, -0.2) is 12.1 Å². The number of Topliss-reactive ketones (excluding diaryl/α,β-unsaturated/α-hetero) is 1. The fourth-order valence-corrected chi connectivity index (χ4v) is 5.42. The predicted octanol–water partition coefficient (Wildman–Crippen LogP) is 12.3. The molecule has 0 rings (SSSR count). The molecule has 0 aromatic rings. The quantitative estimate of drug-likeness (QED) is 0.0373. The zero-order valence-corrected chi connectivity index (χ0v) is 26.1. The van der Waals surface area contributed by atoms with E-state index in [1.54, 1.807) is 0 Å². The van der Waals surface area contributed by atoms with Crippen LogP contribution in [0.4, 0.5) is 0 Å². The van der Waals surface area contributed by atoms with Crippen LogP contribution in [-0.2, 0) is 9.59 Å². The Hall–Kier alpha value is -0.920. The third-order valence-electron chi connectivity index (χ3n) is 8.13. The summed E-state index contributed by atoms with van der Waals surface area (Å²) in [4.78, 5) is 23.9. The SMILES string of the molecule is CCCCCCCC/C=C\CCCCCCCC(=O)C(C=O)CCCCCCCCCCCCCCCC. The monoisotopic (exact) mass is 533 g/mol. The maximum absolute atomic E-state index is 12.4. The van der Waals surface area contributed by atoms with E-state index in [4.69, 9.17) is 0 Å². The van der Waals surface area contributed by atoms with Gasteiger partial charge >= 0.3 is 0 Å². The largest absolute Gasteiger partial charge is 0.303 e. The van der Waals surface area contributed by atoms with Crippen LogP contribution in [0.3, 0.4) is 0 Å². The number of carbonyl (C=O) groups excluding carboxylic acids is 2. The zero-order valence-electron chi connectivity index (χ0n) is 26.1. The van der Waals surface area contributed by atoms with Crippen LogP contribution in [0.5, 0.6) is 0 Å². The van der Waals surface area contributed by atoms with Crippen molar-refractivity contribution in [2.45, 2.75) is 200 Å². The maximum atomic E-state index is 12.4. The predicted molar refractivity (Wildman–Crippen MR) is 169 cm³/mol. The Bertz CT molecular complexity index is 509. The first-order valence-corrected chi connectivity index (χ1v) is 17.4. The third kappa shape index (κ3) is 28.1. The first-order valence-electron chi connectivity index (χ1n) is 17.4. The molecule has 1 unspecified atom stereocenters. The van der Waals surface area contributed by atoms with E-state index in [-0.39, 0.29) is 11.7 Å². The van der Waals surface area contributed by atoms with E-state index < -0.39 is 0 Å². The molecular weight excluding hydrogens is 464 g/mol. The van der Waals surface area contributed by atoms with Gasteiger partial charge in [-0.2, -0.15) is 0 Å². The molecule has 1 atom stereocenters. The van der Waals surface area contributed by atoms with Gasteiger partial charge in [0, 0.05) is 6.42 Å². The molecule has 0 aromatic carbocycles. The van der Waals surface area contributed by atoms with Gasteiger partial charge < -0.3 is 4.79 Å². The van der Waals surface area contributed by atoms with E-state index in [1.165, 1.54) is 154 Å². The second kappa shape index (κ2) is 32.3. The second-order valence-electron chi connectivity index (χ2n) is 11.9. The summed E-state index contributed by atoms with van der Waals surface area (Å²) in [5, 5.41) is 0. The minimum atomic E-state index is -0.343. The molecule has 0 aliphatic carbocycles. The Morgan fingerprint density at radius 1 is 0.474 bits per heavy atom. The lowest BCUT2D eigenvalue weighted by atomic mass is 9.94. The molecule has 0 bridgehead atoms. The average Bonchev–Trinajstić information content (AvgIpc) is 2.93. The molecule has 2 nitrogen and oxygen atoms in total. The molecule has 0 aliphatic rings. The van der Waals surface area contributed by atoms with E-state index in [0.29, 0.717) is 6.42 Å². The molecule has 38 heavy (non-hydrogen) atoms. The zero-order chi connectivity index (χ0) is 27.8. The number of unbranched alkanes of at least 4 members (excludes halogenated alkanes) is 24. The van der Waals surface area contributed by atoms with Crippen molar-refractivity contribution < 1.29 is 9.59 Å². The highest BCUT2D eigenvalue weighted by Crippen LogP contribution is 2.17. The van der Waals surface area contributed by atoms with Crippen molar-refractivity contribution in [3.63, 3.8) is 0 Å². The normalized spacial score (nSPS) is 12.4. The van der Waals surface area contributed by atoms with E-state index in [9.17, 15) is 9.59 Å². The molecule has 0 N–H and O–H groups in total. The molecule has 0 aliphatic heterocycles. The minimum Gasteiger partial charge on any atom is -0.303 e. The molecule has 0 fully saturated rings. The van der Waals surface area contributed by atoms with Crippen molar-refractivity contribution in [1.82, 2.24) is 0 Å². The summed E-state index contributed by atoms with van der Waals surface area (Å²) < 4.78 is 0. The highest BCUT2D eigenvalue weighted by Gasteiger charge is 2.16. The van der Waals surface area contributed by atoms with Crippen molar-refractivity contribution >= 4 is 12.1 Å². The van der Waals surface area contributed by atoms with Gasteiger partial charge in [-0.25, -0.2) is 0 Å². The van der Waals surface area contributed by atoms with Gasteiger partial charge in [-0.15, -0.1) is 0 Å². The number of aldehydes is 1.